The lowest BCUT2D eigenvalue weighted by Gasteiger charge is -2.07. The summed E-state index contributed by atoms with van der Waals surface area (Å²) in [5.41, 5.74) is 6.62. The summed E-state index contributed by atoms with van der Waals surface area (Å²) >= 11 is 0. The number of nitrogens with one attached hydrogen (secondary N) is 2. The van der Waals surface area contributed by atoms with Gasteiger partial charge in [0.2, 0.25) is 0 Å². The minimum Gasteiger partial charge on any atom is -0.351 e. The topological polar surface area (TPSA) is 101 Å². The lowest BCUT2D eigenvalue weighted by atomic mass is 10.1. The van der Waals surface area contributed by atoms with Crippen LogP contribution in [0.15, 0.2) is 47.4 Å². The number of carbonyl (C=O) groups excluding carboxylic acids is 1. The Hall–Kier alpha value is -2.12. The molecule has 0 heterocycles. The molecule has 0 saturated carbocycles. The van der Waals surface area contributed by atoms with E-state index in [9.17, 15) is 13.2 Å². The lowest BCUT2D eigenvalue weighted by Crippen LogP contribution is -2.44. The molecular weight excluding hydrogens is 254 g/mol. The highest BCUT2D eigenvalue weighted by Gasteiger charge is 2.14. The molecule has 0 spiro atoms. The van der Waals surface area contributed by atoms with Crippen LogP contribution in [-0.4, -0.2) is 14.4 Å². The maximum absolute atomic E-state index is 11.8. The number of carbonyl (C=O) groups is 1. The molecule has 4 N–H and O–H groups in total. The Morgan fingerprint density at radius 3 is 2.39 bits per heavy atom. The molecule has 2 aromatic rings. The van der Waals surface area contributed by atoms with Crippen molar-refractivity contribution >= 4 is 26.8 Å². The standard InChI is InChI=1S/C11H11N3O3S/c12-11(15)13-14-18(16,17)10-6-5-8-3-1-2-4-9(8)7-10/h1-7,14H,(H3,12,13,15). The number of sulfonamides is 1. The van der Waals surface area contributed by atoms with E-state index >= 15 is 0 Å². The molecule has 18 heavy (non-hydrogen) atoms. The van der Waals surface area contributed by atoms with Gasteiger partial charge in [-0.05, 0) is 22.9 Å². The zero-order valence-corrected chi connectivity index (χ0v) is 10.1. The van der Waals surface area contributed by atoms with Crippen molar-refractivity contribution in [2.75, 3.05) is 0 Å². The van der Waals surface area contributed by atoms with Crippen molar-refractivity contribution in [1.82, 2.24) is 10.3 Å². The smallest absolute Gasteiger partial charge is 0.327 e. The molecule has 0 aliphatic carbocycles. The van der Waals surface area contributed by atoms with E-state index in [2.05, 4.69) is 0 Å². The molecule has 0 saturated heterocycles. The molecule has 0 aliphatic rings. The number of nitrogens with two attached hydrogens (primary N) is 1. The summed E-state index contributed by atoms with van der Waals surface area (Å²) < 4.78 is 23.6. The van der Waals surface area contributed by atoms with Gasteiger partial charge in [0.15, 0.2) is 0 Å². The minimum atomic E-state index is -3.81. The number of hydrazine groups is 1. The molecule has 0 fully saturated rings. The van der Waals surface area contributed by atoms with Crippen LogP contribution in [0.3, 0.4) is 0 Å². The summed E-state index contributed by atoms with van der Waals surface area (Å²) in [6.07, 6.45) is 0. The molecule has 0 radical (unpaired) electrons. The van der Waals surface area contributed by atoms with Gasteiger partial charge in [-0.1, -0.05) is 30.3 Å². The average molecular weight is 265 g/mol. The predicted molar refractivity (Wildman–Crippen MR) is 67.0 cm³/mol. The van der Waals surface area contributed by atoms with Crippen LogP contribution >= 0.6 is 0 Å². The van der Waals surface area contributed by atoms with Crippen LogP contribution in [0.25, 0.3) is 10.8 Å². The Bertz CT molecular complexity index is 698. The van der Waals surface area contributed by atoms with E-state index in [1.54, 1.807) is 12.1 Å². The zero-order chi connectivity index (χ0) is 13.2. The molecular formula is C11H11N3O3S. The summed E-state index contributed by atoms with van der Waals surface area (Å²) in [7, 11) is -3.81. The lowest BCUT2D eigenvalue weighted by molar-refractivity contribution is 0.247. The van der Waals surface area contributed by atoms with Crippen LogP contribution in [0, 0.1) is 0 Å². The Kier molecular flexibility index (Phi) is 3.17. The van der Waals surface area contributed by atoms with Gasteiger partial charge in [0.1, 0.15) is 0 Å². The average Bonchev–Trinajstić information content (AvgIpc) is 2.36. The summed E-state index contributed by atoms with van der Waals surface area (Å²) in [5, 5.41) is 1.72. The molecule has 2 amide bonds. The number of rotatable bonds is 3. The normalized spacial score (nSPS) is 11.3. The van der Waals surface area contributed by atoms with Gasteiger partial charge in [0.25, 0.3) is 10.0 Å². The molecule has 0 atom stereocenters. The molecule has 0 unspecified atom stereocenters. The summed E-state index contributed by atoms with van der Waals surface area (Å²) in [4.78, 5) is 12.4. The summed E-state index contributed by atoms with van der Waals surface area (Å²) in [6.45, 7) is 0. The van der Waals surface area contributed by atoms with Crippen LogP contribution in [0.2, 0.25) is 0 Å². The second kappa shape index (κ2) is 4.63. The molecule has 94 valence electrons. The van der Waals surface area contributed by atoms with Crippen molar-refractivity contribution in [3.63, 3.8) is 0 Å². The third-order valence-electron chi connectivity index (χ3n) is 2.34. The number of amides is 2. The zero-order valence-electron chi connectivity index (χ0n) is 9.25. The molecule has 2 aromatic carbocycles. The minimum absolute atomic E-state index is 0.0509. The largest absolute Gasteiger partial charge is 0.351 e. The summed E-state index contributed by atoms with van der Waals surface area (Å²) in [6, 6.07) is 11.0. The van der Waals surface area contributed by atoms with E-state index in [1.165, 1.54) is 12.1 Å². The van der Waals surface area contributed by atoms with E-state index in [1.807, 2.05) is 28.5 Å². The number of primary amides is 1. The van der Waals surface area contributed by atoms with Crippen LogP contribution in [-0.2, 0) is 10.0 Å². The van der Waals surface area contributed by atoms with Crippen LogP contribution in [0.4, 0.5) is 4.79 Å². The second-order valence-corrected chi connectivity index (χ2v) is 5.29. The monoisotopic (exact) mass is 265 g/mol. The fourth-order valence-corrected chi connectivity index (χ4v) is 2.39. The van der Waals surface area contributed by atoms with Gasteiger partial charge in [0, 0.05) is 0 Å². The van der Waals surface area contributed by atoms with E-state index < -0.39 is 16.1 Å². The maximum Gasteiger partial charge on any atom is 0.327 e. The number of benzene rings is 2. The highest BCUT2D eigenvalue weighted by molar-refractivity contribution is 7.89. The number of hydrogen-bond donors (Lipinski definition) is 3. The van der Waals surface area contributed by atoms with E-state index in [0.29, 0.717) is 0 Å². The molecule has 0 aliphatic heterocycles. The van der Waals surface area contributed by atoms with Crippen molar-refractivity contribution in [3.8, 4) is 0 Å². The Morgan fingerprint density at radius 1 is 1.06 bits per heavy atom. The predicted octanol–water partition coefficient (Wildman–Crippen LogP) is 0.701. The van der Waals surface area contributed by atoms with E-state index in [-0.39, 0.29) is 4.90 Å². The van der Waals surface area contributed by atoms with Crippen LogP contribution < -0.4 is 16.0 Å². The molecule has 7 heteroatoms. The first-order chi connectivity index (χ1) is 8.49. The third kappa shape index (κ3) is 2.58. The first kappa shape index (κ1) is 12.3. The molecule has 6 nitrogen and oxygen atoms in total. The van der Waals surface area contributed by atoms with Gasteiger partial charge in [0.05, 0.1) is 4.90 Å². The first-order valence-corrected chi connectivity index (χ1v) is 6.53. The van der Waals surface area contributed by atoms with Crippen molar-refractivity contribution < 1.29 is 13.2 Å². The first-order valence-electron chi connectivity index (χ1n) is 5.05. The number of fused-ring (bicyclic) bond motifs is 1. The van der Waals surface area contributed by atoms with Crippen LogP contribution in [0.1, 0.15) is 0 Å². The summed E-state index contributed by atoms with van der Waals surface area (Å²) in [5.74, 6) is 0. The quantitative estimate of drug-likeness (QED) is 0.712. The maximum atomic E-state index is 11.8. The SMILES string of the molecule is NC(=O)NNS(=O)(=O)c1ccc2ccccc2c1. The van der Waals surface area contributed by atoms with Crippen molar-refractivity contribution in [3.05, 3.63) is 42.5 Å². The van der Waals surface area contributed by atoms with Crippen molar-refractivity contribution in [2.45, 2.75) is 4.90 Å². The van der Waals surface area contributed by atoms with Gasteiger partial charge in [-0.25, -0.2) is 13.2 Å². The molecule has 2 rings (SSSR count). The van der Waals surface area contributed by atoms with Gasteiger partial charge < -0.3 is 5.73 Å². The highest BCUT2D eigenvalue weighted by Crippen LogP contribution is 2.18. The molecule has 0 bridgehead atoms. The third-order valence-corrected chi connectivity index (χ3v) is 3.59. The number of urea groups is 1. The van der Waals surface area contributed by atoms with Gasteiger partial charge in [-0.2, -0.15) is 0 Å². The Morgan fingerprint density at radius 2 is 1.72 bits per heavy atom. The van der Waals surface area contributed by atoms with E-state index in [0.717, 1.165) is 10.8 Å². The van der Waals surface area contributed by atoms with Crippen molar-refractivity contribution in [1.29, 1.82) is 0 Å². The number of hydrogen-bond acceptors (Lipinski definition) is 3. The van der Waals surface area contributed by atoms with E-state index in [4.69, 9.17) is 5.73 Å². The van der Waals surface area contributed by atoms with Gasteiger partial charge >= 0.3 is 6.03 Å². The van der Waals surface area contributed by atoms with Gasteiger partial charge in [-0.15, -0.1) is 4.83 Å². The fraction of sp³-hybridized carbons (Fsp3) is 0. The Labute approximate surface area is 104 Å². The second-order valence-electron chi connectivity index (χ2n) is 3.60. The fourth-order valence-electron chi connectivity index (χ4n) is 1.51. The van der Waals surface area contributed by atoms with Gasteiger partial charge in [-0.3, -0.25) is 5.43 Å². The van der Waals surface area contributed by atoms with Crippen LogP contribution in [0.5, 0.6) is 0 Å². The van der Waals surface area contributed by atoms with Crippen molar-refractivity contribution in [2.24, 2.45) is 5.73 Å². The molecule has 0 aromatic heterocycles. The Balaban J connectivity index is 2.38. The highest BCUT2D eigenvalue weighted by atomic mass is 32.2.